The van der Waals surface area contributed by atoms with Gasteiger partial charge in [0.2, 0.25) is 0 Å². The molecule has 2 aromatic heterocycles. The van der Waals surface area contributed by atoms with Crippen molar-refractivity contribution in [1.82, 2.24) is 15.0 Å². The average Bonchev–Trinajstić information content (AvgIpc) is 2.96. The summed E-state index contributed by atoms with van der Waals surface area (Å²) >= 11 is 9.01. The fourth-order valence-corrected chi connectivity index (χ4v) is 3.52. The maximum atomic E-state index is 5.41. The molecule has 3 nitrogen and oxygen atoms in total. The molecule has 1 aliphatic rings. The van der Waals surface area contributed by atoms with Crippen molar-refractivity contribution in [2.24, 2.45) is 0 Å². The largest absolute Gasteiger partial charge is 0.342 e. The third kappa shape index (κ3) is 2.56. The van der Waals surface area contributed by atoms with Gasteiger partial charge in [-0.25, -0.2) is 4.98 Å². The number of aromatic nitrogens is 3. The van der Waals surface area contributed by atoms with Crippen LogP contribution in [0, 0.1) is 11.6 Å². The Morgan fingerprint density at radius 1 is 1.35 bits per heavy atom. The van der Waals surface area contributed by atoms with Gasteiger partial charge in [0.1, 0.15) is 10.5 Å². The van der Waals surface area contributed by atoms with Crippen molar-refractivity contribution in [2.75, 3.05) is 0 Å². The number of H-pyrrole nitrogens is 1. The van der Waals surface area contributed by atoms with Crippen molar-refractivity contribution >= 4 is 28.1 Å². The number of aryl methyl sites for hydroxylation is 1. The minimum Gasteiger partial charge on any atom is -0.342 e. The molecule has 20 heavy (non-hydrogen) atoms. The Hall–Kier alpha value is -1.07. The second-order valence-corrected chi connectivity index (χ2v) is 6.47. The average molecular weight is 350 g/mol. The normalized spacial score (nSPS) is 15.7. The molecule has 0 bridgehead atoms. The topological polar surface area (TPSA) is 41.6 Å². The molecule has 0 saturated heterocycles. The predicted molar refractivity (Wildman–Crippen MR) is 86.3 cm³/mol. The number of halogens is 1. The molecule has 0 spiro atoms. The predicted octanol–water partition coefficient (Wildman–Crippen LogP) is 4.93. The fourth-order valence-electron chi connectivity index (χ4n) is 2.81. The van der Waals surface area contributed by atoms with E-state index in [-0.39, 0.29) is 0 Å². The van der Waals surface area contributed by atoms with Gasteiger partial charge in [0.25, 0.3) is 0 Å². The third-order valence-electron chi connectivity index (χ3n) is 3.95. The van der Waals surface area contributed by atoms with Crippen LogP contribution in [0.3, 0.4) is 0 Å². The van der Waals surface area contributed by atoms with Crippen LogP contribution >= 0.6 is 28.1 Å². The molecule has 2 aromatic rings. The number of pyridine rings is 1. The van der Waals surface area contributed by atoms with Gasteiger partial charge in [-0.2, -0.15) is 0 Å². The summed E-state index contributed by atoms with van der Waals surface area (Å²) in [5, 5.41) is 0. The molecule has 0 aromatic carbocycles. The van der Waals surface area contributed by atoms with Crippen LogP contribution in [0.5, 0.6) is 0 Å². The molecule has 1 aliphatic carbocycles. The first-order chi connectivity index (χ1) is 9.66. The molecule has 3 rings (SSSR count). The molecule has 0 aliphatic heterocycles. The highest BCUT2D eigenvalue weighted by atomic mass is 79.9. The van der Waals surface area contributed by atoms with Crippen molar-refractivity contribution < 1.29 is 0 Å². The first-order valence-corrected chi connectivity index (χ1v) is 8.07. The molecular formula is C15H16BrN3S. The highest BCUT2D eigenvalue weighted by Crippen LogP contribution is 2.37. The van der Waals surface area contributed by atoms with E-state index in [0.29, 0.717) is 10.6 Å². The maximum absolute atomic E-state index is 5.41. The number of nitrogens with zero attached hydrogens (tertiary/aromatic N) is 2. The van der Waals surface area contributed by atoms with Crippen LogP contribution in [0.2, 0.25) is 0 Å². The van der Waals surface area contributed by atoms with Crippen molar-refractivity contribution in [1.29, 1.82) is 0 Å². The SMILES string of the molecule is Cc1ccncc1-c1nc(=S)c(Br)c(C2CCCC2)[nH]1. The van der Waals surface area contributed by atoms with Crippen LogP contribution in [0.1, 0.15) is 42.9 Å². The van der Waals surface area contributed by atoms with Gasteiger partial charge in [-0.05, 0) is 47.3 Å². The second kappa shape index (κ2) is 5.74. The van der Waals surface area contributed by atoms with Gasteiger partial charge >= 0.3 is 0 Å². The Morgan fingerprint density at radius 2 is 2.10 bits per heavy atom. The Morgan fingerprint density at radius 3 is 2.80 bits per heavy atom. The Labute approximate surface area is 132 Å². The molecule has 0 unspecified atom stereocenters. The van der Waals surface area contributed by atoms with E-state index in [9.17, 15) is 0 Å². The molecule has 0 atom stereocenters. The summed E-state index contributed by atoms with van der Waals surface area (Å²) in [6.07, 6.45) is 8.67. The zero-order valence-electron chi connectivity index (χ0n) is 11.3. The fraction of sp³-hybridized carbons (Fsp3) is 0.400. The van der Waals surface area contributed by atoms with Gasteiger partial charge in [-0.15, -0.1) is 0 Å². The molecule has 0 radical (unpaired) electrons. The summed E-state index contributed by atoms with van der Waals surface area (Å²) in [6.45, 7) is 2.06. The van der Waals surface area contributed by atoms with Crippen molar-refractivity contribution in [3.8, 4) is 11.4 Å². The van der Waals surface area contributed by atoms with Gasteiger partial charge in [-0.3, -0.25) is 4.98 Å². The van der Waals surface area contributed by atoms with E-state index in [0.717, 1.165) is 21.4 Å². The smallest absolute Gasteiger partial charge is 0.144 e. The number of rotatable bonds is 2. The van der Waals surface area contributed by atoms with Crippen molar-refractivity contribution in [3.05, 3.63) is 38.8 Å². The lowest BCUT2D eigenvalue weighted by Gasteiger charge is -2.14. The Kier molecular flexibility index (Phi) is 3.98. The minimum absolute atomic E-state index is 0.560. The van der Waals surface area contributed by atoms with E-state index >= 15 is 0 Å². The summed E-state index contributed by atoms with van der Waals surface area (Å²) in [7, 11) is 0. The molecular weight excluding hydrogens is 334 g/mol. The molecule has 1 fully saturated rings. The van der Waals surface area contributed by atoms with Gasteiger partial charge in [0.15, 0.2) is 0 Å². The van der Waals surface area contributed by atoms with Gasteiger partial charge in [-0.1, -0.05) is 25.1 Å². The molecule has 104 valence electrons. The van der Waals surface area contributed by atoms with Crippen LogP contribution in [0.4, 0.5) is 0 Å². The summed E-state index contributed by atoms with van der Waals surface area (Å²) in [5.41, 5.74) is 3.36. The number of hydrogen-bond acceptors (Lipinski definition) is 3. The van der Waals surface area contributed by atoms with E-state index in [1.165, 1.54) is 31.4 Å². The maximum Gasteiger partial charge on any atom is 0.144 e. The highest BCUT2D eigenvalue weighted by molar-refractivity contribution is 9.10. The van der Waals surface area contributed by atoms with E-state index in [1.807, 2.05) is 12.3 Å². The summed E-state index contributed by atoms with van der Waals surface area (Å²) in [4.78, 5) is 12.2. The first kappa shape index (κ1) is 13.9. The second-order valence-electron chi connectivity index (χ2n) is 5.29. The Balaban J connectivity index is 2.14. The number of aromatic amines is 1. The first-order valence-electron chi connectivity index (χ1n) is 6.87. The highest BCUT2D eigenvalue weighted by Gasteiger charge is 2.22. The molecule has 1 N–H and O–H groups in total. The summed E-state index contributed by atoms with van der Waals surface area (Å²) in [5.74, 6) is 1.38. The van der Waals surface area contributed by atoms with Crippen LogP contribution in [0.15, 0.2) is 22.9 Å². The zero-order chi connectivity index (χ0) is 14.1. The number of nitrogens with one attached hydrogen (secondary N) is 1. The molecule has 2 heterocycles. The standard InChI is InChI=1S/C15H16BrN3S/c1-9-6-7-17-8-11(9)14-18-13(10-4-2-3-5-10)12(16)15(20)19-14/h6-8,10H,2-5H2,1H3,(H,18,19,20). The zero-order valence-corrected chi connectivity index (χ0v) is 13.7. The van der Waals surface area contributed by atoms with Gasteiger partial charge < -0.3 is 4.98 Å². The van der Waals surface area contributed by atoms with Crippen LogP contribution in [0.25, 0.3) is 11.4 Å². The number of hydrogen-bond donors (Lipinski definition) is 1. The lowest BCUT2D eigenvalue weighted by atomic mass is 10.0. The molecule has 5 heteroatoms. The van der Waals surface area contributed by atoms with Crippen molar-refractivity contribution in [2.45, 2.75) is 38.5 Å². The Bertz CT molecular complexity index is 690. The summed E-state index contributed by atoms with van der Waals surface area (Å²) < 4.78 is 1.58. The van der Waals surface area contributed by atoms with Gasteiger partial charge in [0.05, 0.1) is 4.47 Å². The van der Waals surface area contributed by atoms with E-state index < -0.39 is 0 Å². The van der Waals surface area contributed by atoms with Gasteiger partial charge in [0, 0.05) is 29.6 Å². The minimum atomic E-state index is 0.560. The summed E-state index contributed by atoms with van der Waals surface area (Å²) in [6, 6.07) is 1.99. The monoisotopic (exact) mass is 349 g/mol. The van der Waals surface area contributed by atoms with Crippen molar-refractivity contribution in [3.63, 3.8) is 0 Å². The quantitative estimate of drug-likeness (QED) is 0.781. The molecule has 1 saturated carbocycles. The lowest BCUT2D eigenvalue weighted by molar-refractivity contribution is 0.689. The van der Waals surface area contributed by atoms with Crippen LogP contribution in [-0.4, -0.2) is 15.0 Å². The van der Waals surface area contributed by atoms with Crippen LogP contribution in [-0.2, 0) is 0 Å². The van der Waals surface area contributed by atoms with E-state index in [4.69, 9.17) is 12.2 Å². The third-order valence-corrected chi connectivity index (χ3v) is 5.31. The lowest BCUT2D eigenvalue weighted by Crippen LogP contribution is -2.03. The van der Waals surface area contributed by atoms with Crippen LogP contribution < -0.4 is 0 Å². The van der Waals surface area contributed by atoms with E-state index in [1.54, 1.807) is 6.20 Å². The molecule has 0 amide bonds. The van der Waals surface area contributed by atoms with E-state index in [2.05, 4.69) is 37.8 Å².